The molecule has 1 amide bonds. The lowest BCUT2D eigenvalue weighted by molar-refractivity contribution is 0.0689. The highest BCUT2D eigenvalue weighted by molar-refractivity contribution is 6.03. The summed E-state index contributed by atoms with van der Waals surface area (Å²) in [5.41, 5.74) is 6.65. The molecule has 1 aromatic carbocycles. The molecular weight excluding hydrogens is 317 g/mol. The van der Waals surface area contributed by atoms with Crippen LogP contribution >= 0.6 is 0 Å². The third-order valence-electron chi connectivity index (χ3n) is 3.87. The molecule has 8 nitrogen and oxygen atoms in total. The number of carboxylic acid groups (broad SMARTS) is 1. The topological polar surface area (TPSA) is 108 Å². The van der Waals surface area contributed by atoms with E-state index in [1.54, 1.807) is 12.1 Å². The number of halogens is 1. The Morgan fingerprint density at radius 3 is 2.71 bits per heavy atom. The van der Waals surface area contributed by atoms with Crippen LogP contribution in [-0.2, 0) is 7.05 Å². The third-order valence-corrected chi connectivity index (χ3v) is 3.87. The number of aromatic carboxylic acids is 1. The monoisotopic (exact) mass is 333 g/mol. The van der Waals surface area contributed by atoms with Crippen molar-refractivity contribution >= 4 is 11.9 Å². The largest absolute Gasteiger partial charge is 0.478 e. The third kappa shape index (κ3) is 3.12. The van der Waals surface area contributed by atoms with Crippen molar-refractivity contribution in [1.29, 1.82) is 0 Å². The summed E-state index contributed by atoms with van der Waals surface area (Å²) >= 11 is 0. The van der Waals surface area contributed by atoms with Gasteiger partial charge in [0.25, 0.3) is 5.91 Å². The van der Waals surface area contributed by atoms with Crippen LogP contribution in [0.15, 0.2) is 30.5 Å². The Morgan fingerprint density at radius 2 is 2.04 bits per heavy atom. The van der Waals surface area contributed by atoms with Gasteiger partial charge in [-0.2, -0.15) is 5.10 Å². The SMILES string of the molecule is Cn1ncc(C(=O)O)c1C(=O)NC1CC(c2ccc(F)cc2)NN1. The van der Waals surface area contributed by atoms with E-state index in [0.717, 1.165) is 11.8 Å². The van der Waals surface area contributed by atoms with E-state index in [1.165, 1.54) is 23.9 Å². The zero-order chi connectivity index (χ0) is 17.3. The van der Waals surface area contributed by atoms with E-state index in [1.807, 2.05) is 0 Å². The average Bonchev–Trinajstić information content (AvgIpc) is 3.14. The number of rotatable bonds is 4. The van der Waals surface area contributed by atoms with Gasteiger partial charge in [0.05, 0.1) is 12.4 Å². The van der Waals surface area contributed by atoms with E-state index in [9.17, 15) is 14.0 Å². The van der Waals surface area contributed by atoms with Crippen molar-refractivity contribution in [2.45, 2.75) is 18.6 Å². The molecule has 0 saturated carbocycles. The molecule has 1 aliphatic rings. The molecule has 3 rings (SSSR count). The second-order valence-electron chi connectivity index (χ2n) is 5.49. The first-order valence-electron chi connectivity index (χ1n) is 7.28. The van der Waals surface area contributed by atoms with Gasteiger partial charge in [-0.05, 0) is 17.7 Å². The number of nitrogens with one attached hydrogen (secondary N) is 3. The number of aromatic nitrogens is 2. The molecule has 2 unspecified atom stereocenters. The fourth-order valence-corrected chi connectivity index (χ4v) is 2.65. The van der Waals surface area contributed by atoms with E-state index in [0.29, 0.717) is 6.42 Å². The van der Waals surface area contributed by atoms with Crippen LogP contribution in [0.5, 0.6) is 0 Å². The van der Waals surface area contributed by atoms with Crippen molar-refractivity contribution in [2.75, 3.05) is 0 Å². The van der Waals surface area contributed by atoms with Crippen LogP contribution in [0.1, 0.15) is 38.9 Å². The van der Waals surface area contributed by atoms with Crippen molar-refractivity contribution in [3.05, 3.63) is 53.1 Å². The number of nitrogens with zero attached hydrogens (tertiary/aromatic N) is 2. The molecule has 0 spiro atoms. The normalized spacial score (nSPS) is 20.1. The number of carbonyl (C=O) groups excluding carboxylic acids is 1. The van der Waals surface area contributed by atoms with Gasteiger partial charge in [0.1, 0.15) is 17.1 Å². The number of amides is 1. The number of hydrogen-bond donors (Lipinski definition) is 4. The number of carboxylic acids is 1. The lowest BCUT2D eigenvalue weighted by Gasteiger charge is -2.13. The molecule has 2 atom stereocenters. The Balaban J connectivity index is 1.67. The van der Waals surface area contributed by atoms with E-state index in [-0.39, 0.29) is 23.1 Å². The van der Waals surface area contributed by atoms with Gasteiger partial charge in [-0.15, -0.1) is 0 Å². The van der Waals surface area contributed by atoms with Crippen LogP contribution in [0.3, 0.4) is 0 Å². The number of carbonyl (C=O) groups is 2. The van der Waals surface area contributed by atoms with Crippen molar-refractivity contribution in [3.8, 4) is 0 Å². The van der Waals surface area contributed by atoms with Crippen LogP contribution in [0.25, 0.3) is 0 Å². The zero-order valence-corrected chi connectivity index (χ0v) is 12.8. The molecule has 9 heteroatoms. The average molecular weight is 333 g/mol. The van der Waals surface area contributed by atoms with Gasteiger partial charge in [-0.25, -0.2) is 20.0 Å². The van der Waals surface area contributed by atoms with Crippen LogP contribution in [0, 0.1) is 5.82 Å². The molecule has 1 aromatic heterocycles. The molecule has 1 aliphatic heterocycles. The summed E-state index contributed by atoms with van der Waals surface area (Å²) in [4.78, 5) is 23.5. The molecule has 2 aromatic rings. The molecule has 24 heavy (non-hydrogen) atoms. The van der Waals surface area contributed by atoms with Crippen molar-refractivity contribution in [3.63, 3.8) is 0 Å². The van der Waals surface area contributed by atoms with Gasteiger partial charge >= 0.3 is 5.97 Å². The molecule has 0 bridgehead atoms. The molecule has 1 fully saturated rings. The first-order chi connectivity index (χ1) is 11.5. The summed E-state index contributed by atoms with van der Waals surface area (Å²) in [6, 6.07) is 5.99. The Labute approximate surface area is 136 Å². The van der Waals surface area contributed by atoms with Gasteiger partial charge < -0.3 is 10.4 Å². The minimum Gasteiger partial charge on any atom is -0.478 e. The van der Waals surface area contributed by atoms with Crippen LogP contribution in [0.4, 0.5) is 4.39 Å². The number of benzene rings is 1. The second-order valence-corrected chi connectivity index (χ2v) is 5.49. The Hall–Kier alpha value is -2.78. The Bertz CT molecular complexity index is 774. The molecule has 0 aliphatic carbocycles. The summed E-state index contributed by atoms with van der Waals surface area (Å²) in [6.07, 6.45) is 1.26. The lowest BCUT2D eigenvalue weighted by atomic mass is 10.0. The maximum atomic E-state index is 13.0. The number of hydrazine groups is 1. The van der Waals surface area contributed by atoms with Crippen molar-refractivity contribution in [2.24, 2.45) is 7.05 Å². The molecular formula is C15H16FN5O3. The molecule has 126 valence electrons. The minimum atomic E-state index is -1.21. The standard InChI is InChI=1S/C15H16FN5O3/c1-21-13(10(7-17-21)15(23)24)14(22)18-12-6-11(19-20-12)8-2-4-9(16)5-3-8/h2-5,7,11-12,19-20H,6H2,1H3,(H,18,22)(H,23,24). The van der Waals surface area contributed by atoms with Gasteiger partial charge in [-0.3, -0.25) is 9.48 Å². The van der Waals surface area contributed by atoms with E-state index in [2.05, 4.69) is 21.3 Å². The predicted octanol–water partition coefficient (Wildman–Crippen LogP) is 0.552. The highest BCUT2D eigenvalue weighted by Crippen LogP contribution is 2.21. The highest BCUT2D eigenvalue weighted by Gasteiger charge is 2.29. The van der Waals surface area contributed by atoms with E-state index >= 15 is 0 Å². The Kier molecular flexibility index (Phi) is 4.28. The number of aryl methyl sites for hydroxylation is 1. The number of hydrogen-bond acceptors (Lipinski definition) is 5. The lowest BCUT2D eigenvalue weighted by Crippen LogP contribution is -2.45. The van der Waals surface area contributed by atoms with Gasteiger partial charge in [-0.1, -0.05) is 12.1 Å². The van der Waals surface area contributed by atoms with Gasteiger partial charge in [0, 0.05) is 19.5 Å². The zero-order valence-electron chi connectivity index (χ0n) is 12.8. The minimum absolute atomic E-state index is 0.0190. The van der Waals surface area contributed by atoms with Crippen molar-refractivity contribution < 1.29 is 19.1 Å². The molecule has 2 heterocycles. The van der Waals surface area contributed by atoms with Gasteiger partial charge in [0.15, 0.2) is 0 Å². The summed E-state index contributed by atoms with van der Waals surface area (Å²) in [5.74, 6) is -2.06. The quantitative estimate of drug-likeness (QED) is 0.651. The molecule has 1 saturated heterocycles. The fourth-order valence-electron chi connectivity index (χ4n) is 2.65. The second kappa shape index (κ2) is 6.38. The van der Waals surface area contributed by atoms with Crippen LogP contribution in [0.2, 0.25) is 0 Å². The first-order valence-corrected chi connectivity index (χ1v) is 7.28. The maximum Gasteiger partial charge on any atom is 0.339 e. The summed E-state index contributed by atoms with van der Waals surface area (Å²) < 4.78 is 14.2. The summed E-state index contributed by atoms with van der Waals surface area (Å²) in [5, 5.41) is 15.6. The smallest absolute Gasteiger partial charge is 0.339 e. The molecule has 0 radical (unpaired) electrons. The highest BCUT2D eigenvalue weighted by atomic mass is 19.1. The van der Waals surface area contributed by atoms with E-state index in [4.69, 9.17) is 5.11 Å². The summed E-state index contributed by atoms with van der Waals surface area (Å²) in [6.45, 7) is 0. The van der Waals surface area contributed by atoms with E-state index < -0.39 is 18.0 Å². The van der Waals surface area contributed by atoms with Gasteiger partial charge in [0.2, 0.25) is 0 Å². The Morgan fingerprint density at radius 1 is 1.33 bits per heavy atom. The maximum absolute atomic E-state index is 13.0. The summed E-state index contributed by atoms with van der Waals surface area (Å²) in [7, 11) is 1.50. The predicted molar refractivity (Wildman–Crippen MR) is 81.5 cm³/mol. The van der Waals surface area contributed by atoms with Crippen molar-refractivity contribution in [1.82, 2.24) is 25.9 Å². The molecule has 4 N–H and O–H groups in total. The fraction of sp³-hybridized carbons (Fsp3) is 0.267. The first kappa shape index (κ1) is 16.1. The van der Waals surface area contributed by atoms with Crippen LogP contribution in [-0.4, -0.2) is 32.9 Å². The van der Waals surface area contributed by atoms with Crippen LogP contribution < -0.4 is 16.2 Å².